The van der Waals surface area contributed by atoms with Crippen LogP contribution in [0.5, 0.6) is 0 Å². The van der Waals surface area contributed by atoms with E-state index in [1.807, 2.05) is 6.07 Å². The lowest BCUT2D eigenvalue weighted by molar-refractivity contribution is -0.0254. The van der Waals surface area contributed by atoms with Gasteiger partial charge in [-0.15, -0.1) is 0 Å². The number of aliphatic hydroxyl groups excluding tert-OH is 1. The van der Waals surface area contributed by atoms with Gasteiger partial charge in [0.15, 0.2) is 0 Å². The quantitative estimate of drug-likeness (QED) is 0.766. The fourth-order valence-corrected chi connectivity index (χ4v) is 3.05. The SMILES string of the molecule is O[C@@H](COC[C@H]1CCCO1)CN1CCN(c2ncccn2)CC1. The number of nitrogens with zero attached hydrogens (tertiary/aromatic N) is 4. The molecule has 128 valence electrons. The molecule has 2 saturated heterocycles. The lowest BCUT2D eigenvalue weighted by Gasteiger charge is -2.35. The van der Waals surface area contributed by atoms with Gasteiger partial charge in [0.2, 0.25) is 5.95 Å². The zero-order chi connectivity index (χ0) is 15.9. The van der Waals surface area contributed by atoms with Crippen LogP contribution < -0.4 is 4.90 Å². The topological polar surface area (TPSA) is 71.0 Å². The summed E-state index contributed by atoms with van der Waals surface area (Å²) in [5.41, 5.74) is 0. The second kappa shape index (κ2) is 8.54. The summed E-state index contributed by atoms with van der Waals surface area (Å²) in [5, 5.41) is 10.1. The molecule has 2 atom stereocenters. The molecular weight excluding hydrogens is 296 g/mol. The molecular formula is C16H26N4O3. The summed E-state index contributed by atoms with van der Waals surface area (Å²) >= 11 is 0. The molecule has 1 aromatic rings. The summed E-state index contributed by atoms with van der Waals surface area (Å²) in [7, 11) is 0. The predicted octanol–water partition coefficient (Wildman–Crippen LogP) is 0.155. The third-order valence-corrected chi connectivity index (χ3v) is 4.31. The highest BCUT2D eigenvalue weighted by molar-refractivity contribution is 5.29. The smallest absolute Gasteiger partial charge is 0.225 e. The molecule has 0 aliphatic carbocycles. The molecule has 1 aromatic heterocycles. The minimum absolute atomic E-state index is 0.219. The Labute approximate surface area is 137 Å². The Morgan fingerprint density at radius 1 is 1.26 bits per heavy atom. The summed E-state index contributed by atoms with van der Waals surface area (Å²) < 4.78 is 11.1. The van der Waals surface area contributed by atoms with Gasteiger partial charge in [-0.05, 0) is 18.9 Å². The molecule has 3 heterocycles. The van der Waals surface area contributed by atoms with E-state index in [4.69, 9.17) is 9.47 Å². The minimum atomic E-state index is -0.448. The maximum atomic E-state index is 10.1. The highest BCUT2D eigenvalue weighted by Gasteiger charge is 2.21. The molecule has 7 heteroatoms. The number of ether oxygens (including phenoxy) is 2. The first kappa shape index (κ1) is 16.6. The number of hydrogen-bond acceptors (Lipinski definition) is 7. The summed E-state index contributed by atoms with van der Waals surface area (Å²) in [6, 6.07) is 1.83. The van der Waals surface area contributed by atoms with Gasteiger partial charge in [0.25, 0.3) is 0 Å². The molecule has 3 rings (SSSR count). The van der Waals surface area contributed by atoms with Crippen LogP contribution in [0.15, 0.2) is 18.5 Å². The van der Waals surface area contributed by atoms with Gasteiger partial charge >= 0.3 is 0 Å². The largest absolute Gasteiger partial charge is 0.389 e. The van der Waals surface area contributed by atoms with Crippen molar-refractivity contribution >= 4 is 5.95 Å². The van der Waals surface area contributed by atoms with Crippen LogP contribution in [0.2, 0.25) is 0 Å². The third kappa shape index (κ3) is 5.10. The van der Waals surface area contributed by atoms with Crippen LogP contribution in [0.4, 0.5) is 5.95 Å². The van der Waals surface area contributed by atoms with Crippen molar-refractivity contribution in [2.24, 2.45) is 0 Å². The van der Waals surface area contributed by atoms with Crippen LogP contribution in [0.1, 0.15) is 12.8 Å². The molecule has 7 nitrogen and oxygen atoms in total. The first-order valence-corrected chi connectivity index (χ1v) is 8.43. The Morgan fingerprint density at radius 2 is 2.04 bits per heavy atom. The van der Waals surface area contributed by atoms with E-state index in [0.29, 0.717) is 19.8 Å². The van der Waals surface area contributed by atoms with Crippen molar-refractivity contribution in [3.8, 4) is 0 Å². The van der Waals surface area contributed by atoms with Crippen molar-refractivity contribution in [3.05, 3.63) is 18.5 Å². The first-order chi connectivity index (χ1) is 11.3. The van der Waals surface area contributed by atoms with Crippen LogP contribution in [0.25, 0.3) is 0 Å². The lowest BCUT2D eigenvalue weighted by atomic mass is 10.2. The average Bonchev–Trinajstić information content (AvgIpc) is 3.10. The zero-order valence-corrected chi connectivity index (χ0v) is 13.5. The van der Waals surface area contributed by atoms with Gasteiger partial charge in [-0.2, -0.15) is 0 Å². The van der Waals surface area contributed by atoms with Gasteiger partial charge in [-0.25, -0.2) is 9.97 Å². The van der Waals surface area contributed by atoms with Gasteiger partial charge in [0, 0.05) is 51.7 Å². The summed E-state index contributed by atoms with van der Waals surface area (Å²) in [6.45, 7) is 6.03. The van der Waals surface area contributed by atoms with E-state index in [1.54, 1.807) is 12.4 Å². The van der Waals surface area contributed by atoms with E-state index >= 15 is 0 Å². The number of aliphatic hydroxyl groups is 1. The molecule has 0 aromatic carbocycles. The Bertz CT molecular complexity index is 448. The molecule has 23 heavy (non-hydrogen) atoms. The fraction of sp³-hybridized carbons (Fsp3) is 0.750. The minimum Gasteiger partial charge on any atom is -0.389 e. The lowest BCUT2D eigenvalue weighted by Crippen LogP contribution is -2.49. The molecule has 1 N–H and O–H groups in total. The molecule has 0 saturated carbocycles. The monoisotopic (exact) mass is 322 g/mol. The number of anilines is 1. The Hall–Kier alpha value is -1.28. The van der Waals surface area contributed by atoms with Crippen LogP contribution in [0.3, 0.4) is 0 Å². The van der Waals surface area contributed by atoms with Crippen molar-refractivity contribution in [2.75, 3.05) is 57.4 Å². The number of hydrogen-bond donors (Lipinski definition) is 1. The molecule has 0 amide bonds. The summed E-state index contributed by atoms with van der Waals surface area (Å²) in [6.07, 6.45) is 5.49. The van der Waals surface area contributed by atoms with E-state index < -0.39 is 6.10 Å². The van der Waals surface area contributed by atoms with E-state index in [2.05, 4.69) is 19.8 Å². The number of aromatic nitrogens is 2. The van der Waals surface area contributed by atoms with Gasteiger partial charge in [0.05, 0.1) is 25.4 Å². The van der Waals surface area contributed by atoms with Crippen molar-refractivity contribution in [2.45, 2.75) is 25.0 Å². The Morgan fingerprint density at radius 3 is 2.74 bits per heavy atom. The Kier molecular flexibility index (Phi) is 6.15. The molecule has 0 bridgehead atoms. The molecule has 2 aliphatic rings. The molecule has 2 fully saturated rings. The van der Waals surface area contributed by atoms with E-state index in [9.17, 15) is 5.11 Å². The number of piperazine rings is 1. The summed E-state index contributed by atoms with van der Waals surface area (Å²) in [5.74, 6) is 0.785. The average molecular weight is 322 g/mol. The van der Waals surface area contributed by atoms with Crippen LogP contribution in [0, 0.1) is 0 Å². The fourth-order valence-electron chi connectivity index (χ4n) is 3.05. The zero-order valence-electron chi connectivity index (χ0n) is 13.5. The van der Waals surface area contributed by atoms with Gasteiger partial charge in [0.1, 0.15) is 0 Å². The van der Waals surface area contributed by atoms with Crippen molar-refractivity contribution in [3.63, 3.8) is 0 Å². The number of rotatable bonds is 7. The van der Waals surface area contributed by atoms with Crippen molar-refractivity contribution in [1.29, 1.82) is 0 Å². The number of β-amino-alcohol motifs (C(OH)–C–C–N with tert-alkyl or cyclic N) is 1. The van der Waals surface area contributed by atoms with Crippen LogP contribution in [-0.4, -0.2) is 84.7 Å². The highest BCUT2D eigenvalue weighted by Crippen LogP contribution is 2.12. The van der Waals surface area contributed by atoms with E-state index in [1.165, 1.54) is 0 Å². The standard InChI is InChI=1S/C16H26N4O3/c21-14(12-22-13-15-3-1-10-23-15)11-19-6-8-20(9-7-19)16-17-4-2-5-18-16/h2,4-5,14-15,21H,1,3,6-13H2/t14-,15-/m1/s1. The maximum absolute atomic E-state index is 10.1. The summed E-state index contributed by atoms with van der Waals surface area (Å²) in [4.78, 5) is 13.0. The molecule has 2 aliphatic heterocycles. The van der Waals surface area contributed by atoms with E-state index in [0.717, 1.165) is 51.6 Å². The molecule has 0 radical (unpaired) electrons. The second-order valence-corrected chi connectivity index (χ2v) is 6.16. The van der Waals surface area contributed by atoms with Gasteiger partial charge < -0.3 is 19.5 Å². The van der Waals surface area contributed by atoms with Crippen molar-refractivity contribution < 1.29 is 14.6 Å². The van der Waals surface area contributed by atoms with Gasteiger partial charge in [-0.3, -0.25) is 4.90 Å². The second-order valence-electron chi connectivity index (χ2n) is 6.16. The highest BCUT2D eigenvalue weighted by atomic mass is 16.5. The normalized spacial score (nSPS) is 24.0. The first-order valence-electron chi connectivity index (χ1n) is 8.43. The molecule has 0 spiro atoms. The third-order valence-electron chi connectivity index (χ3n) is 4.31. The van der Waals surface area contributed by atoms with Gasteiger partial charge in [-0.1, -0.05) is 0 Å². The van der Waals surface area contributed by atoms with Crippen LogP contribution in [-0.2, 0) is 9.47 Å². The predicted molar refractivity (Wildman–Crippen MR) is 86.5 cm³/mol. The maximum Gasteiger partial charge on any atom is 0.225 e. The Balaban J connectivity index is 1.32. The van der Waals surface area contributed by atoms with Crippen LogP contribution >= 0.6 is 0 Å². The van der Waals surface area contributed by atoms with E-state index in [-0.39, 0.29) is 6.10 Å². The molecule has 0 unspecified atom stereocenters. The van der Waals surface area contributed by atoms with Crippen molar-refractivity contribution in [1.82, 2.24) is 14.9 Å².